The minimum atomic E-state index is -0.327. The Morgan fingerprint density at radius 1 is 1.57 bits per heavy atom. The fourth-order valence-corrected chi connectivity index (χ4v) is 2.97. The minimum absolute atomic E-state index is 0.0521. The summed E-state index contributed by atoms with van der Waals surface area (Å²) in [5.41, 5.74) is 7.71. The van der Waals surface area contributed by atoms with Crippen molar-refractivity contribution in [2.45, 2.75) is 58.5 Å². The summed E-state index contributed by atoms with van der Waals surface area (Å²) in [5.74, 6) is 0.0174. The summed E-state index contributed by atoms with van der Waals surface area (Å²) < 4.78 is 0. The van der Waals surface area contributed by atoms with E-state index in [1.54, 1.807) is 13.1 Å². The van der Waals surface area contributed by atoms with Gasteiger partial charge in [0.2, 0.25) is 5.91 Å². The van der Waals surface area contributed by atoms with Gasteiger partial charge in [-0.05, 0) is 27.2 Å². The maximum Gasteiger partial charge on any atom is 0.237 e. The number of hydrogen-bond acceptors (Lipinski definition) is 6. The highest BCUT2D eigenvalue weighted by molar-refractivity contribution is 5.82. The number of hydrogen-bond donors (Lipinski definition) is 4. The maximum atomic E-state index is 12.4. The first-order valence-electron chi connectivity index (χ1n) is 7.90. The third kappa shape index (κ3) is 3.99. The van der Waals surface area contributed by atoms with Crippen molar-refractivity contribution in [3.8, 4) is 5.75 Å². The third-order valence-electron chi connectivity index (χ3n) is 4.13. The Balaban J connectivity index is 2.24. The summed E-state index contributed by atoms with van der Waals surface area (Å²) in [6, 6.07) is -0.349. The van der Waals surface area contributed by atoms with Crippen LogP contribution < -0.4 is 11.1 Å². The van der Waals surface area contributed by atoms with Gasteiger partial charge in [-0.15, -0.1) is 0 Å². The van der Waals surface area contributed by atoms with Crippen molar-refractivity contribution in [1.82, 2.24) is 15.2 Å². The average Bonchev–Trinajstić information content (AvgIpc) is 2.84. The van der Waals surface area contributed by atoms with E-state index in [1.165, 1.54) is 0 Å². The summed E-state index contributed by atoms with van der Waals surface area (Å²) in [7, 11) is 0. The lowest BCUT2D eigenvalue weighted by atomic mass is 10.1. The molecule has 2 rings (SSSR count). The number of aromatic hydroxyl groups is 1. The zero-order valence-electron chi connectivity index (χ0n) is 13.9. The van der Waals surface area contributed by atoms with Crippen molar-refractivity contribution in [2.75, 3.05) is 6.54 Å². The number of carbonyl (C=O) groups is 1. The molecule has 0 unspecified atom stereocenters. The number of nitrogens with one attached hydrogen (secondary N) is 1. The standard InChI is InChI=1S/C16H26N4O3/c1-9(2)19-16(23)14-4-12(17)6-20(14)7-13-11(8-21)5-18-10(3)15(13)22/h5,9,12,14,21-22H,4,6-8,17H2,1-3H3,(H,19,23)/t12-,14+/m1/s1. The number of nitrogens with two attached hydrogens (primary N) is 1. The van der Waals surface area contributed by atoms with Crippen LogP contribution in [0, 0.1) is 6.92 Å². The Morgan fingerprint density at radius 3 is 2.87 bits per heavy atom. The van der Waals surface area contributed by atoms with Crippen LogP contribution >= 0.6 is 0 Å². The molecule has 0 saturated carbocycles. The second-order valence-corrected chi connectivity index (χ2v) is 6.46. The molecule has 1 aromatic rings. The van der Waals surface area contributed by atoms with Crippen molar-refractivity contribution >= 4 is 5.91 Å². The molecule has 5 N–H and O–H groups in total. The molecule has 0 radical (unpaired) electrons. The highest BCUT2D eigenvalue weighted by Gasteiger charge is 2.36. The molecule has 0 bridgehead atoms. The Hall–Kier alpha value is -1.70. The quantitative estimate of drug-likeness (QED) is 0.608. The first kappa shape index (κ1) is 17.7. The first-order chi connectivity index (χ1) is 10.8. The monoisotopic (exact) mass is 322 g/mol. The molecular formula is C16H26N4O3. The SMILES string of the molecule is Cc1ncc(CO)c(CN2C[C@H](N)C[C@H]2C(=O)NC(C)C)c1O. The van der Waals surface area contributed by atoms with E-state index in [0.29, 0.717) is 36.3 Å². The molecule has 7 nitrogen and oxygen atoms in total. The Morgan fingerprint density at radius 2 is 2.26 bits per heavy atom. The van der Waals surface area contributed by atoms with Crippen LogP contribution in [0.4, 0.5) is 0 Å². The second-order valence-electron chi connectivity index (χ2n) is 6.46. The summed E-state index contributed by atoms with van der Waals surface area (Å²) in [4.78, 5) is 18.4. The van der Waals surface area contributed by atoms with Crippen LogP contribution in [-0.4, -0.2) is 50.7 Å². The summed E-state index contributed by atoms with van der Waals surface area (Å²) in [5, 5.41) is 22.7. The Labute approximate surface area is 136 Å². The van der Waals surface area contributed by atoms with E-state index >= 15 is 0 Å². The largest absolute Gasteiger partial charge is 0.506 e. The number of aliphatic hydroxyl groups excluding tert-OH is 1. The van der Waals surface area contributed by atoms with E-state index in [0.717, 1.165) is 0 Å². The van der Waals surface area contributed by atoms with Gasteiger partial charge in [0.05, 0.1) is 18.3 Å². The normalized spacial score (nSPS) is 21.8. The van der Waals surface area contributed by atoms with Gasteiger partial charge in [0.25, 0.3) is 0 Å². The number of aromatic nitrogens is 1. The van der Waals surface area contributed by atoms with E-state index in [4.69, 9.17) is 5.73 Å². The third-order valence-corrected chi connectivity index (χ3v) is 4.13. The van der Waals surface area contributed by atoms with Gasteiger partial charge in [-0.25, -0.2) is 0 Å². The van der Waals surface area contributed by atoms with Gasteiger partial charge < -0.3 is 21.3 Å². The van der Waals surface area contributed by atoms with Gasteiger partial charge in [-0.2, -0.15) is 0 Å². The van der Waals surface area contributed by atoms with Crippen LogP contribution in [0.3, 0.4) is 0 Å². The number of carbonyl (C=O) groups excluding carboxylic acids is 1. The number of pyridine rings is 1. The molecule has 0 aromatic carbocycles. The molecule has 23 heavy (non-hydrogen) atoms. The minimum Gasteiger partial charge on any atom is -0.506 e. The summed E-state index contributed by atoms with van der Waals surface area (Å²) in [6.07, 6.45) is 2.14. The number of nitrogens with zero attached hydrogens (tertiary/aromatic N) is 2. The molecule has 0 aliphatic carbocycles. The predicted molar refractivity (Wildman–Crippen MR) is 86.6 cm³/mol. The average molecular weight is 322 g/mol. The second kappa shape index (κ2) is 7.25. The number of aryl methyl sites for hydroxylation is 1. The number of likely N-dealkylation sites (tertiary alicyclic amines) is 1. The van der Waals surface area contributed by atoms with E-state index < -0.39 is 0 Å². The van der Waals surface area contributed by atoms with Crippen molar-refractivity contribution < 1.29 is 15.0 Å². The van der Waals surface area contributed by atoms with Gasteiger partial charge in [-0.1, -0.05) is 0 Å². The lowest BCUT2D eigenvalue weighted by Gasteiger charge is -2.25. The summed E-state index contributed by atoms with van der Waals surface area (Å²) in [6.45, 7) is 6.26. The van der Waals surface area contributed by atoms with E-state index in [2.05, 4.69) is 10.3 Å². The van der Waals surface area contributed by atoms with Crippen molar-refractivity contribution in [3.05, 3.63) is 23.0 Å². The van der Waals surface area contributed by atoms with Gasteiger partial charge in [0, 0.05) is 42.5 Å². The van der Waals surface area contributed by atoms with E-state index in [9.17, 15) is 15.0 Å². The predicted octanol–water partition coefficient (Wildman–Crippen LogP) is 0.0141. The number of amides is 1. The van der Waals surface area contributed by atoms with Crippen LogP contribution in [0.5, 0.6) is 5.75 Å². The highest BCUT2D eigenvalue weighted by atomic mass is 16.3. The fourth-order valence-electron chi connectivity index (χ4n) is 2.97. The Kier molecular flexibility index (Phi) is 5.56. The van der Waals surface area contributed by atoms with Gasteiger partial charge in [0.1, 0.15) is 5.75 Å². The number of rotatable bonds is 5. The first-order valence-corrected chi connectivity index (χ1v) is 7.90. The van der Waals surface area contributed by atoms with Crippen LogP contribution in [0.25, 0.3) is 0 Å². The number of aliphatic hydroxyl groups is 1. The highest BCUT2D eigenvalue weighted by Crippen LogP contribution is 2.28. The van der Waals surface area contributed by atoms with Crippen LogP contribution in [0.1, 0.15) is 37.1 Å². The molecule has 2 atom stereocenters. The van der Waals surface area contributed by atoms with Crippen LogP contribution in [0.2, 0.25) is 0 Å². The van der Waals surface area contributed by atoms with E-state index in [1.807, 2.05) is 18.7 Å². The molecule has 0 spiro atoms. The van der Waals surface area contributed by atoms with Gasteiger partial charge in [-0.3, -0.25) is 14.7 Å². The van der Waals surface area contributed by atoms with Gasteiger partial charge >= 0.3 is 0 Å². The molecule has 1 aromatic heterocycles. The van der Waals surface area contributed by atoms with E-state index in [-0.39, 0.29) is 36.4 Å². The Bertz CT molecular complexity index is 577. The van der Waals surface area contributed by atoms with Crippen LogP contribution in [0.15, 0.2) is 6.20 Å². The lowest BCUT2D eigenvalue weighted by Crippen LogP contribution is -2.45. The molecule has 1 saturated heterocycles. The summed E-state index contributed by atoms with van der Waals surface area (Å²) >= 11 is 0. The molecule has 7 heteroatoms. The molecular weight excluding hydrogens is 296 g/mol. The topological polar surface area (TPSA) is 112 Å². The molecule has 1 amide bonds. The molecule has 128 valence electrons. The van der Waals surface area contributed by atoms with Gasteiger partial charge in [0.15, 0.2) is 0 Å². The fraction of sp³-hybridized carbons (Fsp3) is 0.625. The zero-order valence-corrected chi connectivity index (χ0v) is 13.9. The van der Waals surface area contributed by atoms with Crippen molar-refractivity contribution in [1.29, 1.82) is 0 Å². The molecule has 1 aliphatic rings. The van der Waals surface area contributed by atoms with Crippen molar-refractivity contribution in [2.24, 2.45) is 5.73 Å². The maximum absolute atomic E-state index is 12.4. The molecule has 2 heterocycles. The molecule has 1 aliphatic heterocycles. The van der Waals surface area contributed by atoms with Crippen molar-refractivity contribution in [3.63, 3.8) is 0 Å². The molecule has 1 fully saturated rings. The van der Waals surface area contributed by atoms with Crippen LogP contribution in [-0.2, 0) is 17.9 Å². The lowest BCUT2D eigenvalue weighted by molar-refractivity contribution is -0.126. The zero-order chi connectivity index (χ0) is 17.1. The smallest absolute Gasteiger partial charge is 0.237 e.